The molecule has 2 rings (SSSR count). The van der Waals surface area contributed by atoms with Crippen LogP contribution in [-0.2, 0) is 0 Å². The van der Waals surface area contributed by atoms with Gasteiger partial charge in [-0.1, -0.05) is 11.6 Å². The molecule has 5 nitrogen and oxygen atoms in total. The molecule has 0 spiro atoms. The fraction of sp³-hybridized carbons (Fsp3) is 0.545. The number of carbonyl (C=O) groups is 1. The molecule has 0 saturated carbocycles. The van der Waals surface area contributed by atoms with Crippen LogP contribution in [0.15, 0.2) is 0 Å². The summed E-state index contributed by atoms with van der Waals surface area (Å²) in [5.74, 6) is 1.10. The third kappa shape index (κ3) is 2.73. The summed E-state index contributed by atoms with van der Waals surface area (Å²) >= 11 is 5.92. The molecule has 1 aliphatic rings. The van der Waals surface area contributed by atoms with Gasteiger partial charge in [-0.05, 0) is 26.9 Å². The van der Waals surface area contributed by atoms with Gasteiger partial charge in [0.15, 0.2) is 6.29 Å². The van der Waals surface area contributed by atoms with E-state index in [1.165, 1.54) is 0 Å². The van der Waals surface area contributed by atoms with Crippen molar-refractivity contribution in [1.82, 2.24) is 14.9 Å². The van der Waals surface area contributed by atoms with Crippen molar-refractivity contribution in [1.29, 1.82) is 0 Å². The monoisotopic (exact) mass is 254 g/mol. The number of anilines is 1. The molecule has 1 aromatic heterocycles. The molecular formula is C11H15ClN4O. The van der Waals surface area contributed by atoms with Crippen molar-refractivity contribution in [3.8, 4) is 0 Å². The Bertz CT molecular complexity index is 438. The molecule has 1 aromatic rings. The van der Waals surface area contributed by atoms with E-state index in [-0.39, 0.29) is 5.15 Å². The van der Waals surface area contributed by atoms with Crippen molar-refractivity contribution in [2.45, 2.75) is 19.4 Å². The highest BCUT2D eigenvalue weighted by Gasteiger charge is 2.21. The largest absolute Gasteiger partial charge is 0.365 e. The fourth-order valence-corrected chi connectivity index (χ4v) is 2.26. The van der Waals surface area contributed by atoms with Crippen LogP contribution in [0.5, 0.6) is 0 Å². The molecule has 0 radical (unpaired) electrons. The number of aromatic nitrogens is 2. The highest BCUT2D eigenvalue weighted by Crippen LogP contribution is 2.21. The molecule has 1 unspecified atom stereocenters. The lowest BCUT2D eigenvalue weighted by Crippen LogP contribution is -2.25. The molecule has 1 atom stereocenters. The number of rotatable bonds is 3. The van der Waals surface area contributed by atoms with E-state index in [1.807, 2.05) is 0 Å². The number of hydrogen-bond donors (Lipinski definition) is 1. The Balaban J connectivity index is 2.22. The van der Waals surface area contributed by atoms with Crippen LogP contribution in [0.4, 0.5) is 5.82 Å². The Morgan fingerprint density at radius 1 is 1.53 bits per heavy atom. The Kier molecular flexibility index (Phi) is 3.59. The molecule has 6 heteroatoms. The third-order valence-electron chi connectivity index (χ3n) is 2.86. The maximum atomic E-state index is 11.0. The Labute approximate surface area is 105 Å². The molecule has 1 N–H and O–H groups in total. The van der Waals surface area contributed by atoms with Gasteiger partial charge < -0.3 is 10.2 Å². The predicted octanol–water partition coefficient (Wildman–Crippen LogP) is 1.37. The van der Waals surface area contributed by atoms with Gasteiger partial charge in [-0.2, -0.15) is 0 Å². The maximum absolute atomic E-state index is 11.0. The zero-order chi connectivity index (χ0) is 12.4. The number of nitrogens with zero attached hydrogens (tertiary/aromatic N) is 3. The summed E-state index contributed by atoms with van der Waals surface area (Å²) in [5, 5.41) is 3.47. The van der Waals surface area contributed by atoms with Crippen LogP contribution in [0, 0.1) is 6.92 Å². The lowest BCUT2D eigenvalue weighted by molar-refractivity contribution is 0.112. The number of hydrogen-bond acceptors (Lipinski definition) is 5. The maximum Gasteiger partial charge on any atom is 0.156 e. The van der Waals surface area contributed by atoms with Gasteiger partial charge >= 0.3 is 0 Å². The lowest BCUT2D eigenvalue weighted by Gasteiger charge is -2.15. The van der Waals surface area contributed by atoms with Gasteiger partial charge in [0.1, 0.15) is 16.8 Å². The molecule has 17 heavy (non-hydrogen) atoms. The summed E-state index contributed by atoms with van der Waals surface area (Å²) in [7, 11) is 2.07. The molecule has 92 valence electrons. The van der Waals surface area contributed by atoms with Crippen molar-refractivity contribution in [2.75, 3.05) is 25.5 Å². The second-order valence-corrected chi connectivity index (χ2v) is 4.69. The minimum Gasteiger partial charge on any atom is -0.365 e. The van der Waals surface area contributed by atoms with Crippen LogP contribution < -0.4 is 5.32 Å². The predicted molar refractivity (Wildman–Crippen MR) is 66.7 cm³/mol. The molecule has 0 amide bonds. The van der Waals surface area contributed by atoms with Crippen molar-refractivity contribution in [3.63, 3.8) is 0 Å². The van der Waals surface area contributed by atoms with Crippen LogP contribution >= 0.6 is 11.6 Å². The van der Waals surface area contributed by atoms with E-state index >= 15 is 0 Å². The summed E-state index contributed by atoms with van der Waals surface area (Å²) in [6.07, 6.45) is 1.73. The summed E-state index contributed by atoms with van der Waals surface area (Å²) in [5.41, 5.74) is 0.340. The molecule has 0 bridgehead atoms. The zero-order valence-corrected chi connectivity index (χ0v) is 10.7. The van der Waals surface area contributed by atoms with Gasteiger partial charge in [0.2, 0.25) is 0 Å². The number of carbonyl (C=O) groups excluding carboxylic acids is 1. The van der Waals surface area contributed by atoms with E-state index in [2.05, 4.69) is 27.2 Å². The minimum absolute atomic E-state index is 0.210. The van der Waals surface area contributed by atoms with E-state index in [4.69, 9.17) is 11.6 Å². The highest BCUT2D eigenvalue weighted by atomic mass is 35.5. The quantitative estimate of drug-likeness (QED) is 0.652. The minimum atomic E-state index is 0.210. The first kappa shape index (κ1) is 12.3. The van der Waals surface area contributed by atoms with Crippen molar-refractivity contribution < 1.29 is 4.79 Å². The molecule has 1 saturated heterocycles. The standard InChI is InChI=1S/C11H15ClN4O/c1-7-13-10(12)9(6-17)11(14-7)15-8-3-4-16(2)5-8/h6,8H,3-5H2,1-2H3,(H,13,14,15). The summed E-state index contributed by atoms with van der Waals surface area (Å²) in [6, 6.07) is 0.309. The molecule has 1 fully saturated rings. The average molecular weight is 255 g/mol. The van der Waals surface area contributed by atoms with Crippen LogP contribution in [0.1, 0.15) is 22.6 Å². The second kappa shape index (κ2) is 4.98. The van der Waals surface area contributed by atoms with Gasteiger partial charge in [-0.15, -0.1) is 0 Å². The van der Waals surface area contributed by atoms with Crippen molar-refractivity contribution in [3.05, 3.63) is 16.5 Å². The summed E-state index contributed by atoms with van der Waals surface area (Å²) in [4.78, 5) is 21.4. The van der Waals surface area contributed by atoms with Crippen LogP contribution in [-0.4, -0.2) is 47.3 Å². The topological polar surface area (TPSA) is 58.1 Å². The fourth-order valence-electron chi connectivity index (χ4n) is 2.01. The Hall–Kier alpha value is -1.20. The second-order valence-electron chi connectivity index (χ2n) is 4.33. The van der Waals surface area contributed by atoms with Gasteiger partial charge in [0.05, 0.1) is 5.56 Å². The molecule has 0 aliphatic carbocycles. The van der Waals surface area contributed by atoms with Gasteiger partial charge in [0, 0.05) is 12.6 Å². The Morgan fingerprint density at radius 2 is 2.29 bits per heavy atom. The van der Waals surface area contributed by atoms with Crippen molar-refractivity contribution in [2.24, 2.45) is 0 Å². The van der Waals surface area contributed by atoms with Crippen molar-refractivity contribution >= 4 is 23.7 Å². The van der Waals surface area contributed by atoms with Crippen LogP contribution in [0.2, 0.25) is 5.15 Å². The van der Waals surface area contributed by atoms with E-state index < -0.39 is 0 Å². The van der Waals surface area contributed by atoms with Gasteiger partial charge in [-0.25, -0.2) is 9.97 Å². The Morgan fingerprint density at radius 3 is 2.88 bits per heavy atom. The molecule has 1 aliphatic heterocycles. The number of likely N-dealkylation sites (N-methyl/N-ethyl adjacent to an activating group) is 1. The van der Waals surface area contributed by atoms with Crippen LogP contribution in [0.25, 0.3) is 0 Å². The van der Waals surface area contributed by atoms with Crippen LogP contribution in [0.3, 0.4) is 0 Å². The van der Waals surface area contributed by atoms with E-state index in [0.29, 0.717) is 29.5 Å². The first-order valence-electron chi connectivity index (χ1n) is 5.54. The number of aldehydes is 1. The SMILES string of the molecule is Cc1nc(Cl)c(C=O)c(NC2CCN(C)C2)n1. The molecular weight excluding hydrogens is 240 g/mol. The number of nitrogens with one attached hydrogen (secondary N) is 1. The first-order chi connectivity index (χ1) is 8.10. The van der Waals surface area contributed by atoms with E-state index in [1.54, 1.807) is 6.92 Å². The van der Waals surface area contributed by atoms with E-state index in [9.17, 15) is 4.79 Å². The molecule has 0 aromatic carbocycles. The highest BCUT2D eigenvalue weighted by molar-refractivity contribution is 6.32. The summed E-state index contributed by atoms with van der Waals surface area (Å²) < 4.78 is 0. The van der Waals surface area contributed by atoms with Gasteiger partial charge in [-0.3, -0.25) is 4.79 Å². The third-order valence-corrected chi connectivity index (χ3v) is 3.15. The number of likely N-dealkylation sites (tertiary alicyclic amines) is 1. The number of aryl methyl sites for hydroxylation is 1. The summed E-state index contributed by atoms with van der Waals surface area (Å²) in [6.45, 7) is 3.75. The zero-order valence-electron chi connectivity index (χ0n) is 9.90. The smallest absolute Gasteiger partial charge is 0.156 e. The lowest BCUT2D eigenvalue weighted by atomic mass is 10.2. The van der Waals surface area contributed by atoms with Gasteiger partial charge in [0.25, 0.3) is 0 Å². The average Bonchev–Trinajstić information content (AvgIpc) is 2.63. The number of halogens is 1. The normalized spacial score (nSPS) is 20.5. The van der Waals surface area contributed by atoms with E-state index in [0.717, 1.165) is 19.5 Å². The molecule has 2 heterocycles. The first-order valence-corrected chi connectivity index (χ1v) is 5.92.